The van der Waals surface area contributed by atoms with Gasteiger partial charge in [0.2, 0.25) is 5.95 Å². The Morgan fingerprint density at radius 1 is 1.12 bits per heavy atom. The second-order valence-corrected chi connectivity index (χ2v) is 15.7. The zero-order chi connectivity index (χ0) is 35.1. The number of nitrogen functional groups attached to an aromatic ring is 1. The second-order valence-electron chi connectivity index (χ2n) is 13.7. The Morgan fingerprint density at radius 3 is 2.46 bits per heavy atom. The lowest BCUT2D eigenvalue weighted by molar-refractivity contribution is -0.155. The largest absolute Gasteiger partial charge is 0.465 e. The molecule has 14 heteroatoms. The number of nitrogens with zero attached hydrogens (tertiary/aromatic N) is 3. The van der Waals surface area contributed by atoms with Gasteiger partial charge in [-0.2, -0.15) is 4.98 Å². The number of nitrogens with one attached hydrogen (secondary N) is 1. The van der Waals surface area contributed by atoms with Gasteiger partial charge in [-0.3, -0.25) is 28.5 Å². The Hall–Kier alpha value is -3.96. The average Bonchev–Trinajstić information content (AvgIpc) is 3.56. The van der Waals surface area contributed by atoms with Gasteiger partial charge in [-0.05, 0) is 63.7 Å². The molecule has 1 aliphatic carbocycles. The lowest BCUT2D eigenvalue weighted by Crippen LogP contribution is -2.28. The van der Waals surface area contributed by atoms with Crippen molar-refractivity contribution in [3.05, 3.63) is 52.6 Å². The summed E-state index contributed by atoms with van der Waals surface area (Å²) in [4.78, 5) is 49.0. The summed E-state index contributed by atoms with van der Waals surface area (Å²) >= 11 is 0. The van der Waals surface area contributed by atoms with Crippen molar-refractivity contribution >= 4 is 42.8 Å². The number of para-hydroxylation sites is 1. The van der Waals surface area contributed by atoms with Crippen molar-refractivity contribution < 1.29 is 32.7 Å². The standard InChI is InChI=1S/C34H48N5O8P/c1-7-12-24(13-8-2)18-44-30(41)23(3)19-48(43,47-26-14-10-9-11-15-26)46-21-34(20-45-31(42)33(4,5)6)16-25(34)17-39-22-36-27-28(39)37-32(35)38-29(27)40/h9-11,14-15,17,22-24H,7-8,12-13,16,18-21H2,1-6H3,(H3,35,37,38,40)/b25-17-/t23-,34?,48+/m1/s1. The molecule has 3 atom stereocenters. The van der Waals surface area contributed by atoms with Gasteiger partial charge in [0.25, 0.3) is 5.56 Å². The number of nitrogens with two attached hydrogens (primary N) is 1. The minimum atomic E-state index is -3.97. The van der Waals surface area contributed by atoms with Crippen LogP contribution in [-0.2, 0) is 28.2 Å². The van der Waals surface area contributed by atoms with Gasteiger partial charge >= 0.3 is 19.5 Å². The molecule has 13 nitrogen and oxygen atoms in total. The van der Waals surface area contributed by atoms with Crippen molar-refractivity contribution in [3.63, 3.8) is 0 Å². The lowest BCUT2D eigenvalue weighted by atomic mass is 9.97. The Labute approximate surface area is 281 Å². The minimum Gasteiger partial charge on any atom is -0.465 e. The summed E-state index contributed by atoms with van der Waals surface area (Å²) in [5.41, 5.74) is 4.82. The number of carbonyl (C=O) groups excluding carboxylic acids is 2. The number of carbonyl (C=O) groups is 2. The highest BCUT2D eigenvalue weighted by Crippen LogP contribution is 2.58. The first-order valence-corrected chi connectivity index (χ1v) is 18.2. The van der Waals surface area contributed by atoms with Crippen LogP contribution in [0.15, 0.2) is 47.0 Å². The summed E-state index contributed by atoms with van der Waals surface area (Å²) in [6.07, 6.45) is 7.27. The summed E-state index contributed by atoms with van der Waals surface area (Å²) in [6.45, 7) is 11.2. The third-order valence-electron chi connectivity index (χ3n) is 8.20. The van der Waals surface area contributed by atoms with Crippen LogP contribution in [0.4, 0.5) is 5.95 Å². The number of rotatable bonds is 17. The van der Waals surface area contributed by atoms with Crippen LogP contribution in [0.3, 0.4) is 0 Å². The molecule has 0 spiro atoms. The first-order chi connectivity index (χ1) is 22.7. The number of aromatic amines is 1. The molecule has 0 aliphatic heterocycles. The van der Waals surface area contributed by atoms with E-state index in [1.807, 2.05) is 0 Å². The first-order valence-electron chi connectivity index (χ1n) is 16.4. The predicted molar refractivity (Wildman–Crippen MR) is 183 cm³/mol. The molecule has 0 radical (unpaired) electrons. The van der Waals surface area contributed by atoms with E-state index in [1.54, 1.807) is 68.8 Å². The van der Waals surface area contributed by atoms with Crippen LogP contribution >= 0.6 is 7.60 Å². The zero-order valence-electron chi connectivity index (χ0n) is 28.7. The fraction of sp³-hybridized carbons (Fsp3) is 0.559. The molecule has 262 valence electrons. The van der Waals surface area contributed by atoms with Crippen LogP contribution < -0.4 is 15.8 Å². The molecule has 0 amide bonds. The molecule has 1 unspecified atom stereocenters. The van der Waals surface area contributed by atoms with Gasteiger partial charge in [0.15, 0.2) is 11.2 Å². The van der Waals surface area contributed by atoms with Gasteiger partial charge in [0.1, 0.15) is 18.7 Å². The van der Waals surface area contributed by atoms with Gasteiger partial charge in [-0.1, -0.05) is 51.8 Å². The molecular formula is C34H48N5O8P. The van der Waals surface area contributed by atoms with E-state index in [2.05, 4.69) is 28.8 Å². The molecule has 2 aromatic heterocycles. The van der Waals surface area contributed by atoms with E-state index in [0.29, 0.717) is 18.8 Å². The summed E-state index contributed by atoms with van der Waals surface area (Å²) in [5, 5.41) is 0. The van der Waals surface area contributed by atoms with Gasteiger partial charge in [-0.25, -0.2) is 9.55 Å². The number of H-pyrrole nitrogens is 1. The molecule has 0 bridgehead atoms. The molecule has 1 fully saturated rings. The van der Waals surface area contributed by atoms with Crippen LogP contribution in [0.2, 0.25) is 0 Å². The third kappa shape index (κ3) is 9.56. The van der Waals surface area contributed by atoms with Crippen LogP contribution in [0.5, 0.6) is 5.75 Å². The van der Waals surface area contributed by atoms with Gasteiger partial charge in [-0.15, -0.1) is 0 Å². The highest BCUT2D eigenvalue weighted by Gasteiger charge is 2.53. The zero-order valence-corrected chi connectivity index (χ0v) is 29.6. The Morgan fingerprint density at radius 2 is 1.81 bits per heavy atom. The van der Waals surface area contributed by atoms with Crippen LogP contribution in [-0.4, -0.2) is 57.4 Å². The van der Waals surface area contributed by atoms with Gasteiger partial charge in [0.05, 0.1) is 36.1 Å². The van der Waals surface area contributed by atoms with E-state index in [4.69, 9.17) is 24.3 Å². The topological polar surface area (TPSA) is 178 Å². The molecule has 3 aromatic rings. The van der Waals surface area contributed by atoms with Crippen molar-refractivity contribution in [2.24, 2.45) is 22.7 Å². The van der Waals surface area contributed by atoms with Crippen molar-refractivity contribution in [1.29, 1.82) is 0 Å². The molecule has 0 saturated heterocycles. The molecule has 2 heterocycles. The highest BCUT2D eigenvalue weighted by atomic mass is 31.2. The molecule has 1 saturated carbocycles. The summed E-state index contributed by atoms with van der Waals surface area (Å²) < 4.78 is 39.5. The SMILES string of the molecule is CCCC(CCC)COC(=O)[C@H](C)C[P@](=O)(OCC1(COC(=O)C(C)(C)C)C/C1=C/n1cnc2c(=O)[nH]c(N)nc21)Oc1ccccc1. The molecule has 4 rings (SSSR count). The quantitative estimate of drug-likeness (QED) is 0.122. The molecule has 1 aliphatic rings. The number of fused-ring (bicyclic) bond motifs is 1. The molecule has 1 aromatic carbocycles. The Balaban J connectivity index is 1.58. The molecule has 48 heavy (non-hydrogen) atoms. The fourth-order valence-corrected chi connectivity index (χ4v) is 7.26. The van der Waals surface area contributed by atoms with E-state index in [0.717, 1.165) is 31.3 Å². The minimum absolute atomic E-state index is 0.0586. The smallest absolute Gasteiger partial charge is 0.380 e. The van der Waals surface area contributed by atoms with E-state index in [-0.39, 0.29) is 42.4 Å². The van der Waals surface area contributed by atoms with Crippen molar-refractivity contribution in [2.45, 2.75) is 73.6 Å². The van der Waals surface area contributed by atoms with Crippen molar-refractivity contribution in [1.82, 2.24) is 19.5 Å². The third-order valence-corrected chi connectivity index (χ3v) is 10.2. The predicted octanol–water partition coefficient (Wildman–Crippen LogP) is 6.21. The number of hydrogen-bond donors (Lipinski definition) is 2. The maximum absolute atomic E-state index is 14.4. The molecule has 3 N–H and O–H groups in total. The number of aromatic nitrogens is 4. The fourth-order valence-electron chi connectivity index (χ4n) is 5.32. The van der Waals surface area contributed by atoms with Gasteiger partial charge in [0, 0.05) is 6.20 Å². The van der Waals surface area contributed by atoms with E-state index in [1.165, 1.54) is 6.33 Å². The summed E-state index contributed by atoms with van der Waals surface area (Å²) in [6, 6.07) is 8.61. The number of anilines is 1. The van der Waals surface area contributed by atoms with Gasteiger partial charge < -0.3 is 19.7 Å². The first kappa shape index (κ1) is 36.9. The number of imidazole rings is 1. The highest BCUT2D eigenvalue weighted by molar-refractivity contribution is 7.54. The number of benzene rings is 1. The van der Waals surface area contributed by atoms with Crippen LogP contribution in [0, 0.1) is 22.7 Å². The monoisotopic (exact) mass is 685 g/mol. The Kier molecular flexibility index (Phi) is 11.9. The number of ether oxygens (including phenoxy) is 2. The van der Waals surface area contributed by atoms with E-state index in [9.17, 15) is 18.9 Å². The summed E-state index contributed by atoms with van der Waals surface area (Å²) in [5.74, 6) is -1.12. The van der Waals surface area contributed by atoms with Crippen molar-refractivity contribution in [3.8, 4) is 5.75 Å². The Bertz CT molecular complexity index is 1710. The lowest BCUT2D eigenvalue weighted by Gasteiger charge is -2.25. The molecular weight excluding hydrogens is 637 g/mol. The van der Waals surface area contributed by atoms with E-state index < -0.39 is 41.8 Å². The normalized spacial score (nSPS) is 18.9. The second kappa shape index (κ2) is 15.5. The van der Waals surface area contributed by atoms with Crippen LogP contribution in [0.1, 0.15) is 73.6 Å². The number of esters is 2. The number of hydrogen-bond acceptors (Lipinski definition) is 11. The van der Waals surface area contributed by atoms with E-state index >= 15 is 0 Å². The van der Waals surface area contributed by atoms with Crippen LogP contribution in [0.25, 0.3) is 17.4 Å². The maximum atomic E-state index is 14.4. The summed E-state index contributed by atoms with van der Waals surface area (Å²) in [7, 11) is -3.97. The maximum Gasteiger partial charge on any atom is 0.380 e. The van der Waals surface area contributed by atoms with Crippen molar-refractivity contribution in [2.75, 3.05) is 31.7 Å². The average molecular weight is 686 g/mol.